The fourth-order valence-electron chi connectivity index (χ4n) is 3.99. The minimum atomic E-state index is 0.792. The lowest BCUT2D eigenvalue weighted by Gasteiger charge is -2.39. The molecule has 1 saturated heterocycles. The van der Waals surface area contributed by atoms with Crippen molar-refractivity contribution in [1.82, 2.24) is 5.32 Å². The second kappa shape index (κ2) is 5.77. The largest absolute Gasteiger partial charge is 0.316 e. The van der Waals surface area contributed by atoms with E-state index in [1.807, 2.05) is 0 Å². The first-order valence-electron chi connectivity index (χ1n) is 6.95. The van der Waals surface area contributed by atoms with Crippen molar-refractivity contribution in [1.29, 1.82) is 0 Å². The maximum atomic E-state index is 3.64. The zero-order valence-electron chi connectivity index (χ0n) is 11.0. The lowest BCUT2D eigenvalue weighted by molar-refractivity contribution is 0.154. The van der Waals surface area contributed by atoms with Gasteiger partial charge in [0, 0.05) is 6.04 Å². The van der Waals surface area contributed by atoms with Crippen LogP contribution in [0, 0.1) is 23.7 Å². The molecule has 0 aromatic heterocycles. The fourth-order valence-corrected chi connectivity index (χ4v) is 5.31. The summed E-state index contributed by atoms with van der Waals surface area (Å²) in [5.41, 5.74) is 0. The first-order valence-corrected chi connectivity index (χ1v) is 8.11. The van der Waals surface area contributed by atoms with Crippen LogP contribution >= 0.6 is 11.8 Å². The summed E-state index contributed by atoms with van der Waals surface area (Å²) in [4.78, 5) is 0. The van der Waals surface area contributed by atoms with Crippen LogP contribution in [-0.2, 0) is 0 Å². The summed E-state index contributed by atoms with van der Waals surface area (Å²) in [6, 6.07) is 0.792. The maximum Gasteiger partial charge on any atom is 0.0129 e. The van der Waals surface area contributed by atoms with Crippen LogP contribution in [0.15, 0.2) is 0 Å². The van der Waals surface area contributed by atoms with Crippen LogP contribution in [0.4, 0.5) is 0 Å². The first kappa shape index (κ1) is 12.8. The predicted octanol–water partition coefficient (Wildman–Crippen LogP) is 3.40. The van der Waals surface area contributed by atoms with E-state index in [-0.39, 0.29) is 0 Å². The van der Waals surface area contributed by atoms with E-state index >= 15 is 0 Å². The highest BCUT2D eigenvalue weighted by atomic mass is 32.2. The third-order valence-electron chi connectivity index (χ3n) is 4.53. The van der Waals surface area contributed by atoms with E-state index < -0.39 is 0 Å². The molecule has 1 saturated carbocycles. The Bertz CT molecular complexity index is 203. The van der Waals surface area contributed by atoms with E-state index in [1.165, 1.54) is 37.2 Å². The Morgan fingerprint density at radius 1 is 1.06 bits per heavy atom. The summed E-state index contributed by atoms with van der Waals surface area (Å²) < 4.78 is 0. The van der Waals surface area contributed by atoms with E-state index in [0.717, 1.165) is 29.7 Å². The van der Waals surface area contributed by atoms with Crippen LogP contribution in [-0.4, -0.2) is 24.6 Å². The zero-order valence-corrected chi connectivity index (χ0v) is 11.9. The van der Waals surface area contributed by atoms with Crippen molar-refractivity contribution in [3.63, 3.8) is 0 Å². The molecule has 1 heterocycles. The second-order valence-corrected chi connectivity index (χ2v) is 7.27. The number of nitrogens with one attached hydrogen (secondary N) is 1. The van der Waals surface area contributed by atoms with Gasteiger partial charge in [0.1, 0.15) is 0 Å². The Morgan fingerprint density at radius 2 is 1.75 bits per heavy atom. The van der Waals surface area contributed by atoms with Gasteiger partial charge < -0.3 is 5.32 Å². The molecule has 2 heteroatoms. The van der Waals surface area contributed by atoms with Gasteiger partial charge in [-0.25, -0.2) is 0 Å². The smallest absolute Gasteiger partial charge is 0.0129 e. The third kappa shape index (κ3) is 2.95. The van der Waals surface area contributed by atoms with Crippen LogP contribution < -0.4 is 5.32 Å². The molecule has 4 unspecified atom stereocenters. The molecular formula is C14H27NS. The average Bonchev–Trinajstić information content (AvgIpc) is 2.70. The SMILES string of the molecule is CNC(C1CCSC1)C1CC(C)CC(C)C1. The maximum absolute atomic E-state index is 3.64. The first-order chi connectivity index (χ1) is 7.70. The van der Waals surface area contributed by atoms with Crippen molar-refractivity contribution < 1.29 is 0 Å². The molecule has 0 bridgehead atoms. The van der Waals surface area contributed by atoms with Gasteiger partial charge in [-0.3, -0.25) is 0 Å². The Morgan fingerprint density at radius 3 is 2.25 bits per heavy atom. The fraction of sp³-hybridized carbons (Fsp3) is 1.00. The minimum absolute atomic E-state index is 0.792. The highest BCUT2D eigenvalue weighted by molar-refractivity contribution is 7.99. The van der Waals surface area contributed by atoms with Gasteiger partial charge in [-0.1, -0.05) is 13.8 Å². The lowest BCUT2D eigenvalue weighted by Crippen LogP contribution is -2.43. The van der Waals surface area contributed by atoms with Crippen LogP contribution in [0.2, 0.25) is 0 Å². The van der Waals surface area contributed by atoms with Crippen LogP contribution in [0.5, 0.6) is 0 Å². The topological polar surface area (TPSA) is 12.0 Å². The number of rotatable bonds is 3. The molecule has 94 valence electrons. The van der Waals surface area contributed by atoms with E-state index in [0.29, 0.717) is 0 Å². The summed E-state index contributed by atoms with van der Waals surface area (Å²) in [6.45, 7) is 4.89. The third-order valence-corrected chi connectivity index (χ3v) is 5.72. The van der Waals surface area contributed by atoms with Crippen molar-refractivity contribution in [2.24, 2.45) is 23.7 Å². The predicted molar refractivity (Wildman–Crippen MR) is 73.9 cm³/mol. The van der Waals surface area contributed by atoms with E-state index in [2.05, 4.69) is 38.0 Å². The van der Waals surface area contributed by atoms with Crippen molar-refractivity contribution in [3.05, 3.63) is 0 Å². The molecule has 0 radical (unpaired) electrons. The summed E-state index contributed by atoms with van der Waals surface area (Å²) in [5.74, 6) is 6.55. The van der Waals surface area contributed by atoms with Crippen molar-refractivity contribution >= 4 is 11.8 Å². The molecule has 1 aliphatic carbocycles. The van der Waals surface area contributed by atoms with Gasteiger partial charge in [-0.15, -0.1) is 0 Å². The van der Waals surface area contributed by atoms with Gasteiger partial charge in [0.2, 0.25) is 0 Å². The zero-order chi connectivity index (χ0) is 11.5. The molecule has 4 atom stereocenters. The number of hydrogen-bond donors (Lipinski definition) is 1. The molecule has 2 rings (SSSR count). The Hall–Kier alpha value is 0.310. The molecule has 1 aliphatic heterocycles. The van der Waals surface area contributed by atoms with Crippen molar-refractivity contribution in [3.8, 4) is 0 Å². The van der Waals surface area contributed by atoms with E-state index in [9.17, 15) is 0 Å². The van der Waals surface area contributed by atoms with Gasteiger partial charge in [0.15, 0.2) is 0 Å². The molecule has 0 spiro atoms. The Balaban J connectivity index is 1.96. The molecule has 16 heavy (non-hydrogen) atoms. The van der Waals surface area contributed by atoms with E-state index in [1.54, 1.807) is 0 Å². The molecular weight excluding hydrogens is 214 g/mol. The minimum Gasteiger partial charge on any atom is -0.316 e. The second-order valence-electron chi connectivity index (χ2n) is 6.12. The number of thioether (sulfide) groups is 1. The summed E-state index contributed by atoms with van der Waals surface area (Å²) in [7, 11) is 2.18. The summed E-state index contributed by atoms with van der Waals surface area (Å²) in [5, 5.41) is 3.64. The molecule has 2 fully saturated rings. The highest BCUT2D eigenvalue weighted by Crippen LogP contribution is 2.39. The monoisotopic (exact) mass is 241 g/mol. The van der Waals surface area contributed by atoms with Crippen LogP contribution in [0.1, 0.15) is 39.5 Å². The summed E-state index contributed by atoms with van der Waals surface area (Å²) >= 11 is 2.15. The van der Waals surface area contributed by atoms with Gasteiger partial charge in [-0.2, -0.15) is 11.8 Å². The lowest BCUT2D eigenvalue weighted by atomic mass is 9.71. The van der Waals surface area contributed by atoms with Gasteiger partial charge in [0.05, 0.1) is 0 Å². The van der Waals surface area contributed by atoms with E-state index in [4.69, 9.17) is 0 Å². The van der Waals surface area contributed by atoms with Crippen molar-refractivity contribution in [2.45, 2.75) is 45.6 Å². The van der Waals surface area contributed by atoms with Gasteiger partial charge in [-0.05, 0) is 67.9 Å². The summed E-state index contributed by atoms with van der Waals surface area (Å²) in [6.07, 6.45) is 5.80. The molecule has 0 aromatic rings. The highest BCUT2D eigenvalue weighted by Gasteiger charge is 2.34. The molecule has 1 N–H and O–H groups in total. The average molecular weight is 241 g/mol. The van der Waals surface area contributed by atoms with Crippen molar-refractivity contribution in [2.75, 3.05) is 18.6 Å². The molecule has 1 nitrogen and oxygen atoms in total. The Kier molecular flexibility index (Phi) is 4.60. The normalized spacial score (nSPS) is 42.2. The molecule has 2 aliphatic rings. The van der Waals surface area contributed by atoms with Gasteiger partial charge in [0.25, 0.3) is 0 Å². The quantitative estimate of drug-likeness (QED) is 0.813. The Labute approximate surface area is 105 Å². The van der Waals surface area contributed by atoms with Gasteiger partial charge >= 0.3 is 0 Å². The standard InChI is InChI=1S/C14H27NS/c1-10-6-11(2)8-13(7-10)14(15-3)12-4-5-16-9-12/h10-15H,4-9H2,1-3H3. The van der Waals surface area contributed by atoms with Crippen LogP contribution in [0.25, 0.3) is 0 Å². The molecule has 0 amide bonds. The molecule has 0 aromatic carbocycles. The number of hydrogen-bond acceptors (Lipinski definition) is 2. The van der Waals surface area contributed by atoms with Crippen LogP contribution in [0.3, 0.4) is 0 Å².